The number of nitrogens with one attached hydrogen (secondary N) is 2. The second kappa shape index (κ2) is 10.7. The molecule has 230 valence electrons. The molecule has 6 bridgehead atoms. The third-order valence-corrected chi connectivity index (χ3v) is 12.1. The van der Waals surface area contributed by atoms with E-state index in [2.05, 4.69) is 25.4 Å². The first-order valence-electron chi connectivity index (χ1n) is 16.9. The lowest BCUT2D eigenvalue weighted by molar-refractivity contribution is -0.135. The summed E-state index contributed by atoms with van der Waals surface area (Å²) in [5, 5.41) is 6.45. The SMILES string of the molecule is Cc1nc2cccc(NCCN3C4CCC3CN(CCC35CC6CC(CC(C6)C3)C5)C4)c2c(=O)n1C1CCC(=O)NC1=O. The molecule has 9 heteroatoms. The van der Waals surface area contributed by atoms with E-state index in [-0.39, 0.29) is 17.9 Å². The number of piperazine rings is 1. The number of benzene rings is 1. The third-order valence-electron chi connectivity index (χ3n) is 12.1. The second-order valence-electron chi connectivity index (χ2n) is 15.0. The highest BCUT2D eigenvalue weighted by Crippen LogP contribution is 2.61. The average molecular weight is 587 g/mol. The number of amides is 2. The maximum Gasteiger partial charge on any atom is 0.264 e. The summed E-state index contributed by atoms with van der Waals surface area (Å²) < 4.78 is 1.47. The van der Waals surface area contributed by atoms with E-state index in [1.54, 1.807) is 6.92 Å². The predicted molar refractivity (Wildman–Crippen MR) is 166 cm³/mol. The van der Waals surface area contributed by atoms with Crippen LogP contribution < -0.4 is 16.2 Å². The first-order chi connectivity index (χ1) is 20.8. The van der Waals surface area contributed by atoms with Crippen LogP contribution in [0.25, 0.3) is 10.9 Å². The number of aryl methyl sites for hydroxylation is 1. The molecule has 0 radical (unpaired) electrons. The lowest BCUT2D eigenvalue weighted by Gasteiger charge is -2.57. The molecule has 2 N–H and O–H groups in total. The Labute approximate surface area is 253 Å². The molecule has 7 fully saturated rings. The summed E-state index contributed by atoms with van der Waals surface area (Å²) in [4.78, 5) is 48.3. The van der Waals surface area contributed by atoms with Crippen molar-refractivity contribution in [2.75, 3.05) is 38.0 Å². The van der Waals surface area contributed by atoms with Crippen molar-refractivity contribution in [2.24, 2.45) is 23.2 Å². The van der Waals surface area contributed by atoms with Gasteiger partial charge in [0.1, 0.15) is 11.9 Å². The van der Waals surface area contributed by atoms with Crippen LogP contribution in [-0.2, 0) is 9.59 Å². The molecule has 0 spiro atoms. The summed E-state index contributed by atoms with van der Waals surface area (Å²) in [7, 11) is 0. The normalized spacial score (nSPS) is 35.6. The number of anilines is 1. The average Bonchev–Trinajstić information content (AvgIpc) is 3.19. The third kappa shape index (κ3) is 5.00. The largest absolute Gasteiger partial charge is 0.383 e. The molecule has 9 rings (SSSR count). The highest BCUT2D eigenvalue weighted by molar-refractivity contribution is 5.99. The molecule has 4 heterocycles. The van der Waals surface area contributed by atoms with Crippen molar-refractivity contribution in [3.63, 3.8) is 0 Å². The first kappa shape index (κ1) is 27.7. The van der Waals surface area contributed by atoms with Crippen LogP contribution in [0.2, 0.25) is 0 Å². The van der Waals surface area contributed by atoms with Gasteiger partial charge in [0.05, 0.1) is 10.9 Å². The van der Waals surface area contributed by atoms with E-state index in [0.29, 0.717) is 40.6 Å². The molecule has 2 amide bonds. The fraction of sp³-hybridized carbons (Fsp3) is 0.706. The van der Waals surface area contributed by atoms with Gasteiger partial charge in [-0.15, -0.1) is 0 Å². The summed E-state index contributed by atoms with van der Waals surface area (Å²) in [6.07, 6.45) is 13.6. The van der Waals surface area contributed by atoms with Gasteiger partial charge in [0.25, 0.3) is 5.56 Å². The Morgan fingerprint density at radius 1 is 0.953 bits per heavy atom. The Hall–Kier alpha value is -2.78. The summed E-state index contributed by atoms with van der Waals surface area (Å²) in [6.45, 7) is 7.13. The van der Waals surface area contributed by atoms with Gasteiger partial charge in [-0.1, -0.05) is 6.07 Å². The fourth-order valence-corrected chi connectivity index (χ4v) is 10.7. The number of carbonyl (C=O) groups is 2. The summed E-state index contributed by atoms with van der Waals surface area (Å²) in [6, 6.07) is 6.25. The number of piperidine rings is 1. The molecule has 2 aromatic rings. The highest BCUT2D eigenvalue weighted by Gasteiger charge is 2.51. The van der Waals surface area contributed by atoms with Gasteiger partial charge < -0.3 is 10.2 Å². The Balaban J connectivity index is 0.911. The predicted octanol–water partition coefficient (Wildman–Crippen LogP) is 3.85. The highest BCUT2D eigenvalue weighted by atomic mass is 16.2. The molecule has 3 unspecified atom stereocenters. The van der Waals surface area contributed by atoms with Crippen LogP contribution in [-0.4, -0.2) is 76.0 Å². The number of imide groups is 1. The molecule has 4 aliphatic carbocycles. The number of aromatic nitrogens is 2. The monoisotopic (exact) mass is 586 g/mol. The van der Waals surface area contributed by atoms with Crippen LogP contribution in [0.3, 0.4) is 0 Å². The van der Waals surface area contributed by atoms with Crippen molar-refractivity contribution in [1.82, 2.24) is 24.7 Å². The van der Waals surface area contributed by atoms with Gasteiger partial charge in [0.15, 0.2) is 0 Å². The Morgan fingerprint density at radius 2 is 1.65 bits per heavy atom. The zero-order valence-electron chi connectivity index (χ0n) is 25.5. The van der Waals surface area contributed by atoms with Crippen LogP contribution >= 0.6 is 0 Å². The topological polar surface area (TPSA) is 99.6 Å². The molecule has 3 atom stereocenters. The lowest BCUT2D eigenvalue weighted by Crippen LogP contribution is -2.55. The number of rotatable bonds is 8. The van der Waals surface area contributed by atoms with Crippen LogP contribution in [0.15, 0.2) is 23.0 Å². The number of likely N-dealkylation sites (tertiary alicyclic amines) is 1. The van der Waals surface area contributed by atoms with E-state index >= 15 is 0 Å². The van der Waals surface area contributed by atoms with Gasteiger partial charge in [-0.2, -0.15) is 0 Å². The molecular formula is C34H46N6O3. The Morgan fingerprint density at radius 3 is 2.33 bits per heavy atom. The number of nitrogens with zero attached hydrogens (tertiary/aromatic N) is 4. The first-order valence-corrected chi connectivity index (χ1v) is 16.9. The number of carbonyl (C=O) groups excluding carboxylic acids is 2. The van der Waals surface area contributed by atoms with E-state index in [1.165, 1.54) is 82.0 Å². The van der Waals surface area contributed by atoms with E-state index < -0.39 is 11.9 Å². The molecule has 3 aliphatic heterocycles. The molecule has 3 saturated heterocycles. The summed E-state index contributed by atoms with van der Waals surface area (Å²) >= 11 is 0. The molecule has 4 saturated carbocycles. The number of hydrogen-bond acceptors (Lipinski definition) is 7. The summed E-state index contributed by atoms with van der Waals surface area (Å²) in [5.74, 6) is 2.87. The van der Waals surface area contributed by atoms with Crippen molar-refractivity contribution >= 4 is 28.4 Å². The van der Waals surface area contributed by atoms with Crippen LogP contribution in [0, 0.1) is 30.1 Å². The van der Waals surface area contributed by atoms with Gasteiger partial charge in [0, 0.05) is 50.4 Å². The van der Waals surface area contributed by atoms with Crippen molar-refractivity contribution in [3.05, 3.63) is 34.4 Å². The van der Waals surface area contributed by atoms with E-state index in [9.17, 15) is 14.4 Å². The minimum absolute atomic E-state index is 0.220. The Kier molecular flexibility index (Phi) is 6.90. The van der Waals surface area contributed by atoms with Gasteiger partial charge in [-0.05, 0) is 113 Å². The van der Waals surface area contributed by atoms with Gasteiger partial charge >= 0.3 is 0 Å². The molecule has 9 nitrogen and oxygen atoms in total. The minimum atomic E-state index is -0.718. The molecule has 7 aliphatic rings. The Bertz CT molecular complexity index is 1450. The van der Waals surface area contributed by atoms with E-state index in [0.717, 1.165) is 36.5 Å². The smallest absolute Gasteiger partial charge is 0.264 e. The van der Waals surface area contributed by atoms with Crippen molar-refractivity contribution < 1.29 is 9.59 Å². The maximum absolute atomic E-state index is 13.8. The quantitative estimate of drug-likeness (QED) is 0.454. The summed E-state index contributed by atoms with van der Waals surface area (Å²) in [5.41, 5.74) is 1.83. The lowest BCUT2D eigenvalue weighted by atomic mass is 9.49. The van der Waals surface area contributed by atoms with Crippen LogP contribution in [0.1, 0.15) is 82.5 Å². The number of fused-ring (bicyclic) bond motifs is 3. The van der Waals surface area contributed by atoms with Crippen molar-refractivity contribution in [3.8, 4) is 0 Å². The standard InChI is InChI=1S/C34H46N6O3/c1-21-36-28-4-2-3-27(31(28)33(43)40(21)29-7-8-30(41)37-32(29)42)35-10-12-39-25-5-6-26(39)20-38(19-25)11-9-34-16-22-13-23(17-34)15-24(14-22)18-34/h2-4,22-26,29,35H,5-20H2,1H3,(H,37,41,42). The minimum Gasteiger partial charge on any atom is -0.383 e. The second-order valence-corrected chi connectivity index (χ2v) is 15.0. The van der Waals surface area contributed by atoms with Crippen molar-refractivity contribution in [1.29, 1.82) is 0 Å². The molecule has 1 aromatic carbocycles. The van der Waals surface area contributed by atoms with Crippen LogP contribution in [0.4, 0.5) is 5.69 Å². The fourth-order valence-electron chi connectivity index (χ4n) is 10.7. The zero-order chi connectivity index (χ0) is 29.3. The zero-order valence-corrected chi connectivity index (χ0v) is 25.5. The van der Waals surface area contributed by atoms with Gasteiger partial charge in [-0.3, -0.25) is 29.2 Å². The van der Waals surface area contributed by atoms with E-state index in [4.69, 9.17) is 0 Å². The molecular weight excluding hydrogens is 540 g/mol. The van der Waals surface area contributed by atoms with Crippen LogP contribution in [0.5, 0.6) is 0 Å². The molecule has 1 aromatic heterocycles. The molecule has 43 heavy (non-hydrogen) atoms. The van der Waals surface area contributed by atoms with Gasteiger partial charge in [0.2, 0.25) is 11.8 Å². The van der Waals surface area contributed by atoms with Gasteiger partial charge in [-0.25, -0.2) is 4.98 Å². The maximum atomic E-state index is 13.8. The van der Waals surface area contributed by atoms with Crippen molar-refractivity contribution in [2.45, 2.75) is 95.7 Å². The van der Waals surface area contributed by atoms with E-state index in [1.807, 2.05) is 18.2 Å². The number of hydrogen-bond donors (Lipinski definition) is 2.